The van der Waals surface area contributed by atoms with Gasteiger partial charge in [-0.3, -0.25) is 4.79 Å². The molecule has 1 unspecified atom stereocenters. The lowest BCUT2D eigenvalue weighted by Crippen LogP contribution is -2.51. The Kier molecular flexibility index (Phi) is 6.80. The number of hydrogen-bond donors (Lipinski definition) is 1. The number of halogens is 1. The molecule has 33 heavy (non-hydrogen) atoms. The lowest BCUT2D eigenvalue weighted by Gasteiger charge is -2.38. The second-order valence-electron chi connectivity index (χ2n) is 9.30. The molecule has 1 amide bonds. The Morgan fingerprint density at radius 3 is 2.24 bits per heavy atom. The quantitative estimate of drug-likeness (QED) is 0.387. The van der Waals surface area contributed by atoms with E-state index >= 15 is 0 Å². The molecule has 0 spiro atoms. The van der Waals surface area contributed by atoms with Crippen LogP contribution in [0.3, 0.4) is 0 Å². The van der Waals surface area contributed by atoms with E-state index in [0.717, 1.165) is 48.1 Å². The number of benzene rings is 3. The zero-order chi connectivity index (χ0) is 23.3. The molecule has 0 saturated carbocycles. The topological polar surface area (TPSA) is 52.3 Å². The fraction of sp³-hybridized carbons (Fsp3) is 0.321. The summed E-state index contributed by atoms with van der Waals surface area (Å²) in [5.41, 5.74) is 7.25. The maximum Gasteiger partial charge on any atom is 0.233 e. The molecule has 1 aliphatic heterocycles. The third-order valence-electron chi connectivity index (χ3n) is 7.04. The number of nitrogens with zero attached hydrogens (tertiary/aromatic N) is 1. The van der Waals surface area contributed by atoms with E-state index < -0.39 is 5.41 Å². The minimum Gasteiger partial charge on any atom is -0.493 e. The third-order valence-corrected chi connectivity index (χ3v) is 7.04. The molecule has 4 nitrogen and oxygen atoms in total. The normalized spacial score (nSPS) is 20.5. The van der Waals surface area contributed by atoms with Crippen LogP contribution < -0.4 is 10.5 Å². The van der Waals surface area contributed by atoms with Crippen molar-refractivity contribution in [2.45, 2.75) is 18.3 Å². The molecule has 2 N–H and O–H groups in total. The van der Waals surface area contributed by atoms with E-state index in [-0.39, 0.29) is 17.6 Å². The van der Waals surface area contributed by atoms with Crippen molar-refractivity contribution in [2.24, 2.45) is 11.7 Å². The molecule has 3 aromatic rings. The Morgan fingerprint density at radius 2 is 1.67 bits per heavy atom. The molecule has 1 heterocycles. The molecule has 1 aliphatic rings. The second kappa shape index (κ2) is 9.75. The van der Waals surface area contributed by atoms with Gasteiger partial charge in [0.25, 0.3) is 0 Å². The van der Waals surface area contributed by atoms with Crippen molar-refractivity contribution in [1.29, 1.82) is 0 Å². The van der Waals surface area contributed by atoms with Crippen molar-refractivity contribution in [1.82, 2.24) is 0 Å². The maximum absolute atomic E-state index is 13.4. The zero-order valence-corrected chi connectivity index (χ0v) is 19.1. The van der Waals surface area contributed by atoms with Crippen LogP contribution in [0, 0.1) is 11.7 Å². The fourth-order valence-electron chi connectivity index (χ4n) is 5.46. The smallest absolute Gasteiger partial charge is 0.233 e. The highest BCUT2D eigenvalue weighted by Gasteiger charge is 2.53. The molecule has 2 atom stereocenters. The summed E-state index contributed by atoms with van der Waals surface area (Å²) in [6.45, 7) is 3.27. The summed E-state index contributed by atoms with van der Waals surface area (Å²) in [5.74, 6) is 0.0538. The van der Waals surface area contributed by atoms with Crippen LogP contribution in [0.1, 0.15) is 24.0 Å². The zero-order valence-electron chi connectivity index (χ0n) is 19.1. The average Bonchev–Trinajstić information content (AvgIpc) is 3.21. The predicted octanol–water partition coefficient (Wildman–Crippen LogP) is 4.53. The van der Waals surface area contributed by atoms with Crippen LogP contribution in [0.5, 0.6) is 5.75 Å². The Balaban J connectivity index is 1.52. The molecule has 5 heteroatoms. The Bertz CT molecular complexity index is 1030. The highest BCUT2D eigenvalue weighted by molar-refractivity contribution is 5.91. The first-order valence-corrected chi connectivity index (χ1v) is 11.6. The van der Waals surface area contributed by atoms with Crippen LogP contribution in [-0.4, -0.2) is 43.7 Å². The molecular weight excluding hydrogens is 415 g/mol. The summed E-state index contributed by atoms with van der Waals surface area (Å²) in [4.78, 5) is 13.2. The van der Waals surface area contributed by atoms with Crippen LogP contribution >= 0.6 is 0 Å². The number of rotatable bonds is 9. The number of primary amides is 1. The summed E-state index contributed by atoms with van der Waals surface area (Å²) >= 11 is 0. The number of nitrogens with two attached hydrogens (primary N) is 1. The molecule has 1 fully saturated rings. The second-order valence-corrected chi connectivity index (χ2v) is 9.30. The van der Waals surface area contributed by atoms with Crippen LogP contribution in [-0.2, 0) is 10.2 Å². The number of carbonyl (C=O) groups is 1. The predicted molar refractivity (Wildman–Crippen MR) is 128 cm³/mol. The molecule has 172 valence electrons. The number of amides is 1. The summed E-state index contributed by atoms with van der Waals surface area (Å²) in [6.07, 6.45) is 1.76. The van der Waals surface area contributed by atoms with E-state index in [1.807, 2.05) is 60.7 Å². The summed E-state index contributed by atoms with van der Waals surface area (Å²) < 4.78 is 20.0. The number of carbonyl (C=O) groups excluding carboxylic acids is 1. The minimum atomic E-state index is -0.864. The van der Waals surface area contributed by atoms with E-state index in [4.69, 9.17) is 10.5 Å². The van der Waals surface area contributed by atoms with Crippen molar-refractivity contribution < 1.29 is 18.4 Å². The van der Waals surface area contributed by atoms with Gasteiger partial charge in [0, 0.05) is 24.8 Å². The Hall–Kier alpha value is -3.18. The van der Waals surface area contributed by atoms with E-state index in [1.165, 1.54) is 12.1 Å². The SMILES string of the molecule is C[N+]1(CCCOc2cccc(F)c2)CC[C@H](C(C(N)=O)(c2ccccc2)c2ccccc2)C1. The van der Waals surface area contributed by atoms with Gasteiger partial charge in [0.15, 0.2) is 0 Å². The molecule has 1 saturated heterocycles. The first-order chi connectivity index (χ1) is 15.9. The van der Waals surface area contributed by atoms with Crippen molar-refractivity contribution in [3.8, 4) is 5.75 Å². The first kappa shape index (κ1) is 23.0. The lowest BCUT2D eigenvalue weighted by molar-refractivity contribution is -0.899. The van der Waals surface area contributed by atoms with Gasteiger partial charge < -0.3 is 15.0 Å². The average molecular weight is 448 g/mol. The van der Waals surface area contributed by atoms with Crippen molar-refractivity contribution in [2.75, 3.05) is 33.3 Å². The monoisotopic (exact) mass is 447 g/mol. The molecule has 0 aliphatic carbocycles. The first-order valence-electron chi connectivity index (χ1n) is 11.6. The van der Waals surface area contributed by atoms with Gasteiger partial charge in [0.05, 0.1) is 33.3 Å². The van der Waals surface area contributed by atoms with Gasteiger partial charge in [-0.2, -0.15) is 0 Å². The van der Waals surface area contributed by atoms with Crippen molar-refractivity contribution in [3.63, 3.8) is 0 Å². The summed E-state index contributed by atoms with van der Waals surface area (Å²) in [6, 6.07) is 26.2. The highest BCUT2D eigenvalue weighted by atomic mass is 19.1. The fourth-order valence-corrected chi connectivity index (χ4v) is 5.46. The maximum atomic E-state index is 13.4. The Labute approximate surface area is 195 Å². The molecular formula is C28H32FN2O2+. The number of ether oxygens (including phenoxy) is 1. The van der Waals surface area contributed by atoms with Crippen molar-refractivity contribution >= 4 is 5.91 Å². The van der Waals surface area contributed by atoms with Gasteiger partial charge in [-0.05, 0) is 23.3 Å². The van der Waals surface area contributed by atoms with Crippen LogP contribution in [0.4, 0.5) is 4.39 Å². The van der Waals surface area contributed by atoms with Crippen molar-refractivity contribution in [3.05, 3.63) is 102 Å². The van der Waals surface area contributed by atoms with E-state index in [2.05, 4.69) is 7.05 Å². The largest absolute Gasteiger partial charge is 0.493 e. The van der Waals surface area contributed by atoms with Crippen LogP contribution in [0.25, 0.3) is 0 Å². The number of quaternary nitrogens is 1. The third kappa shape index (κ3) is 4.79. The van der Waals surface area contributed by atoms with Gasteiger partial charge in [0.1, 0.15) is 17.0 Å². The van der Waals surface area contributed by atoms with E-state index in [9.17, 15) is 9.18 Å². The summed E-state index contributed by atoms with van der Waals surface area (Å²) in [7, 11) is 2.24. The van der Waals surface area contributed by atoms with Gasteiger partial charge >= 0.3 is 0 Å². The molecule has 4 rings (SSSR count). The van der Waals surface area contributed by atoms with E-state index in [1.54, 1.807) is 12.1 Å². The molecule has 0 bridgehead atoms. The van der Waals surface area contributed by atoms with E-state index in [0.29, 0.717) is 12.4 Å². The molecule has 0 aromatic heterocycles. The minimum absolute atomic E-state index is 0.0916. The summed E-state index contributed by atoms with van der Waals surface area (Å²) in [5, 5.41) is 0. The molecule has 0 radical (unpaired) electrons. The number of hydrogen-bond acceptors (Lipinski definition) is 2. The lowest BCUT2D eigenvalue weighted by atomic mass is 9.64. The van der Waals surface area contributed by atoms with Gasteiger partial charge in [0.2, 0.25) is 5.91 Å². The van der Waals surface area contributed by atoms with Gasteiger partial charge in [-0.15, -0.1) is 0 Å². The standard InChI is InChI=1S/C28H31FN2O2/c1-31(17-9-19-33-26-15-8-14-25(29)20-26)18-16-24(21-31)28(27(30)32,22-10-4-2-5-11-22)23-12-6-3-7-13-23/h2-8,10-15,20,24H,9,16-19,21H2,1H3,(H-,30,32)/p+1/t24-,31?/m0/s1. The Morgan fingerprint density at radius 1 is 1.03 bits per heavy atom. The van der Waals surface area contributed by atoms with Crippen LogP contribution in [0.2, 0.25) is 0 Å². The highest BCUT2D eigenvalue weighted by Crippen LogP contribution is 2.45. The van der Waals surface area contributed by atoms with Crippen LogP contribution in [0.15, 0.2) is 84.9 Å². The van der Waals surface area contributed by atoms with Gasteiger partial charge in [-0.25, -0.2) is 4.39 Å². The molecule has 3 aromatic carbocycles. The number of likely N-dealkylation sites (tertiary alicyclic amines) is 1. The van der Waals surface area contributed by atoms with Gasteiger partial charge in [-0.1, -0.05) is 66.7 Å².